The maximum absolute atomic E-state index is 9.37. The number of hydrogen-bond acceptors (Lipinski definition) is 4. The highest BCUT2D eigenvalue weighted by molar-refractivity contribution is 5.88. The maximum Gasteiger partial charge on any atom is 0.0992 e. The monoisotopic (exact) mass is 498 g/mol. The SMILES string of the molecule is CC.CCc1cc2c(cc1N1CCC(N3CCOCC3)CC1)C(C)(C)c1[nH]c3cc(C#N)ccc3c1C2. The minimum atomic E-state index is -0.109. The molecular formula is C32H42N4O. The third kappa shape index (κ3) is 4.56. The molecule has 5 nitrogen and oxygen atoms in total. The molecule has 1 aromatic heterocycles. The van der Waals surface area contributed by atoms with Gasteiger partial charge in [0.25, 0.3) is 0 Å². The molecular weight excluding hydrogens is 456 g/mol. The molecule has 2 saturated heterocycles. The molecule has 2 fully saturated rings. The van der Waals surface area contributed by atoms with E-state index in [1.807, 2.05) is 26.0 Å². The summed E-state index contributed by atoms with van der Waals surface area (Å²) in [6, 6.07) is 14.0. The van der Waals surface area contributed by atoms with E-state index in [0.29, 0.717) is 11.6 Å². The van der Waals surface area contributed by atoms with Crippen LogP contribution < -0.4 is 4.90 Å². The highest BCUT2D eigenvalue weighted by Gasteiger charge is 2.36. The van der Waals surface area contributed by atoms with E-state index in [4.69, 9.17) is 4.74 Å². The van der Waals surface area contributed by atoms with Crippen molar-refractivity contribution < 1.29 is 4.74 Å². The normalized spacial score (nSPS) is 19.5. The summed E-state index contributed by atoms with van der Waals surface area (Å²) < 4.78 is 5.57. The van der Waals surface area contributed by atoms with Crippen LogP contribution in [0.25, 0.3) is 10.9 Å². The molecule has 0 spiro atoms. The van der Waals surface area contributed by atoms with Crippen molar-refractivity contribution >= 4 is 16.6 Å². The first-order valence-electron chi connectivity index (χ1n) is 14.3. The number of anilines is 1. The first kappa shape index (κ1) is 25.8. The molecule has 0 bridgehead atoms. The van der Waals surface area contributed by atoms with Crippen molar-refractivity contribution in [3.8, 4) is 6.07 Å². The van der Waals surface area contributed by atoms with E-state index in [0.717, 1.165) is 57.8 Å². The Morgan fingerprint density at radius 3 is 2.46 bits per heavy atom. The van der Waals surface area contributed by atoms with Gasteiger partial charge in [0.2, 0.25) is 0 Å². The van der Waals surface area contributed by atoms with Gasteiger partial charge in [-0.25, -0.2) is 0 Å². The van der Waals surface area contributed by atoms with Crippen LogP contribution in [0.5, 0.6) is 0 Å². The number of nitriles is 1. The molecule has 3 aliphatic rings. The first-order chi connectivity index (χ1) is 18.0. The number of benzene rings is 2. The number of piperidine rings is 1. The summed E-state index contributed by atoms with van der Waals surface area (Å²) in [4.78, 5) is 9.00. The quantitative estimate of drug-likeness (QED) is 0.470. The third-order valence-corrected chi connectivity index (χ3v) is 8.75. The van der Waals surface area contributed by atoms with Crippen LogP contribution >= 0.6 is 0 Å². The van der Waals surface area contributed by atoms with Gasteiger partial charge in [-0.15, -0.1) is 0 Å². The maximum atomic E-state index is 9.37. The number of H-pyrrole nitrogens is 1. The van der Waals surface area contributed by atoms with Gasteiger partial charge in [-0.1, -0.05) is 46.8 Å². The van der Waals surface area contributed by atoms with Crippen LogP contribution in [0.1, 0.15) is 81.0 Å². The van der Waals surface area contributed by atoms with Gasteiger partial charge in [-0.05, 0) is 59.7 Å². The second kappa shape index (κ2) is 10.5. The van der Waals surface area contributed by atoms with Crippen molar-refractivity contribution in [2.24, 2.45) is 0 Å². The molecule has 0 radical (unpaired) electrons. The van der Waals surface area contributed by atoms with Crippen LogP contribution in [0.2, 0.25) is 0 Å². The largest absolute Gasteiger partial charge is 0.379 e. The van der Waals surface area contributed by atoms with E-state index in [-0.39, 0.29) is 5.41 Å². The molecule has 0 amide bonds. The fourth-order valence-electron chi connectivity index (χ4n) is 6.77. The topological polar surface area (TPSA) is 55.3 Å². The summed E-state index contributed by atoms with van der Waals surface area (Å²) in [5, 5.41) is 10.6. The molecule has 2 aromatic carbocycles. The van der Waals surface area contributed by atoms with Crippen molar-refractivity contribution in [2.45, 2.75) is 71.8 Å². The molecule has 1 N–H and O–H groups in total. The van der Waals surface area contributed by atoms with Gasteiger partial charge in [0.05, 0.1) is 24.8 Å². The Morgan fingerprint density at radius 2 is 1.78 bits per heavy atom. The van der Waals surface area contributed by atoms with E-state index >= 15 is 0 Å². The van der Waals surface area contributed by atoms with Gasteiger partial charge < -0.3 is 14.6 Å². The number of nitrogens with zero attached hydrogens (tertiary/aromatic N) is 3. The highest BCUT2D eigenvalue weighted by Crippen LogP contribution is 2.46. The number of aromatic amines is 1. The summed E-state index contributed by atoms with van der Waals surface area (Å²) in [5.74, 6) is 0. The van der Waals surface area contributed by atoms with E-state index in [1.54, 1.807) is 0 Å². The summed E-state index contributed by atoms with van der Waals surface area (Å²) in [6.07, 6.45) is 4.47. The van der Waals surface area contributed by atoms with Crippen LogP contribution in [-0.4, -0.2) is 55.3 Å². The summed E-state index contributed by atoms with van der Waals surface area (Å²) in [7, 11) is 0. The smallest absolute Gasteiger partial charge is 0.0992 e. The summed E-state index contributed by atoms with van der Waals surface area (Å²) in [6.45, 7) is 17.2. The van der Waals surface area contributed by atoms with E-state index in [1.165, 1.54) is 51.9 Å². The average Bonchev–Trinajstić information content (AvgIpc) is 3.33. The molecule has 3 aromatic rings. The lowest BCUT2D eigenvalue weighted by Gasteiger charge is -2.42. The summed E-state index contributed by atoms with van der Waals surface area (Å²) >= 11 is 0. The lowest BCUT2D eigenvalue weighted by atomic mass is 9.71. The molecule has 2 aliphatic heterocycles. The Kier molecular flexibility index (Phi) is 7.34. The predicted molar refractivity (Wildman–Crippen MR) is 153 cm³/mol. The van der Waals surface area contributed by atoms with Crippen molar-refractivity contribution in [2.75, 3.05) is 44.3 Å². The molecule has 0 saturated carbocycles. The molecule has 3 heterocycles. The molecule has 5 heteroatoms. The van der Waals surface area contributed by atoms with Crippen LogP contribution in [0, 0.1) is 11.3 Å². The number of rotatable bonds is 3. The Morgan fingerprint density at radius 1 is 1.05 bits per heavy atom. The van der Waals surface area contributed by atoms with E-state index in [9.17, 15) is 5.26 Å². The number of hydrogen-bond donors (Lipinski definition) is 1. The van der Waals surface area contributed by atoms with Gasteiger partial charge in [0.1, 0.15) is 0 Å². The van der Waals surface area contributed by atoms with Gasteiger partial charge >= 0.3 is 0 Å². The van der Waals surface area contributed by atoms with Crippen LogP contribution in [0.3, 0.4) is 0 Å². The number of aromatic nitrogens is 1. The van der Waals surface area contributed by atoms with Gasteiger partial charge in [0, 0.05) is 66.3 Å². The van der Waals surface area contributed by atoms with Crippen LogP contribution in [0.4, 0.5) is 5.69 Å². The molecule has 1 aliphatic carbocycles. The first-order valence-corrected chi connectivity index (χ1v) is 14.3. The summed E-state index contributed by atoms with van der Waals surface area (Å²) in [5.41, 5.74) is 10.2. The van der Waals surface area contributed by atoms with E-state index in [2.05, 4.69) is 59.8 Å². The lowest BCUT2D eigenvalue weighted by molar-refractivity contribution is 0.0115. The van der Waals surface area contributed by atoms with Gasteiger partial charge in [-0.2, -0.15) is 5.26 Å². The Balaban J connectivity index is 0.00000137. The number of fused-ring (bicyclic) bond motifs is 4. The zero-order valence-electron chi connectivity index (χ0n) is 23.3. The minimum Gasteiger partial charge on any atom is -0.379 e. The fraction of sp³-hybridized carbons (Fsp3) is 0.531. The Bertz CT molecular complexity index is 1300. The number of aryl methyl sites for hydroxylation is 1. The lowest BCUT2D eigenvalue weighted by Crippen LogP contribution is -2.49. The number of morpholine rings is 1. The van der Waals surface area contributed by atoms with Crippen molar-refractivity contribution in [3.63, 3.8) is 0 Å². The molecule has 0 atom stereocenters. The van der Waals surface area contributed by atoms with Crippen LogP contribution in [0.15, 0.2) is 30.3 Å². The van der Waals surface area contributed by atoms with E-state index < -0.39 is 0 Å². The zero-order valence-corrected chi connectivity index (χ0v) is 23.3. The van der Waals surface area contributed by atoms with Crippen molar-refractivity contribution in [3.05, 3.63) is 63.8 Å². The number of nitrogens with one attached hydrogen (secondary N) is 1. The molecule has 196 valence electrons. The van der Waals surface area contributed by atoms with Crippen molar-refractivity contribution in [1.82, 2.24) is 9.88 Å². The Labute approximate surface area is 222 Å². The highest BCUT2D eigenvalue weighted by atomic mass is 16.5. The van der Waals surface area contributed by atoms with Crippen molar-refractivity contribution in [1.29, 1.82) is 5.26 Å². The van der Waals surface area contributed by atoms with Gasteiger partial charge in [0.15, 0.2) is 0 Å². The zero-order chi connectivity index (χ0) is 26.2. The fourth-order valence-corrected chi connectivity index (χ4v) is 6.77. The Hall–Kier alpha value is -2.81. The molecule has 37 heavy (non-hydrogen) atoms. The third-order valence-electron chi connectivity index (χ3n) is 8.75. The second-order valence-electron chi connectivity index (χ2n) is 11.0. The predicted octanol–water partition coefficient (Wildman–Crippen LogP) is 6.16. The minimum absolute atomic E-state index is 0.109. The van der Waals surface area contributed by atoms with Crippen LogP contribution in [-0.2, 0) is 23.0 Å². The molecule has 6 rings (SSSR count). The average molecular weight is 499 g/mol. The number of ether oxygens (including phenoxy) is 1. The standard InChI is InChI=1S/C30H36N4O.C2H6/c1-4-21-16-22-17-25-24-6-5-20(19-31)15-27(24)32-29(25)30(2,3)26(22)18-28(21)34-9-7-23(8-10-34)33-11-13-35-14-12-33;1-2/h5-6,15-16,18,23,32H,4,7-14,17H2,1-3H3;1-2H3. The second-order valence-corrected chi connectivity index (χ2v) is 11.0. The molecule has 0 unspecified atom stereocenters. The van der Waals surface area contributed by atoms with Gasteiger partial charge in [-0.3, -0.25) is 4.90 Å².